The van der Waals surface area contributed by atoms with Crippen molar-refractivity contribution in [3.8, 4) is 0 Å². The second-order valence-corrected chi connectivity index (χ2v) is 10.7. The minimum Gasteiger partial charge on any atom is -0.480 e. The first-order valence-corrected chi connectivity index (χ1v) is 14.3. The Hall–Kier alpha value is -2.05. The van der Waals surface area contributed by atoms with Gasteiger partial charge in [-0.2, -0.15) is 0 Å². The molecule has 0 fully saturated rings. The van der Waals surface area contributed by atoms with Crippen LogP contribution in [0.15, 0.2) is 12.2 Å². The van der Waals surface area contributed by atoms with Crippen LogP contribution in [-0.2, 0) is 14.3 Å². The minimum absolute atomic E-state index is 0.202. The van der Waals surface area contributed by atoms with Crippen LogP contribution in [0.3, 0.4) is 0 Å². The number of ether oxygens (including phenoxy) is 1. The quantitative estimate of drug-likeness (QED) is 0.105. The fourth-order valence-electron chi connectivity index (χ4n) is 3.86. The van der Waals surface area contributed by atoms with Crippen molar-refractivity contribution in [3.63, 3.8) is 0 Å². The lowest BCUT2D eigenvalue weighted by Gasteiger charge is -2.19. The van der Waals surface area contributed by atoms with E-state index in [0.717, 1.165) is 32.1 Å². The summed E-state index contributed by atoms with van der Waals surface area (Å²) in [5.74, 6) is -1.22. The third-order valence-corrected chi connectivity index (χ3v) is 5.89. The van der Waals surface area contributed by atoms with Crippen LogP contribution in [0.1, 0.15) is 137 Å². The van der Waals surface area contributed by atoms with E-state index in [0.29, 0.717) is 32.2 Å². The molecular formula is C29H54N2O5. The van der Waals surface area contributed by atoms with E-state index in [1.54, 1.807) is 20.8 Å². The van der Waals surface area contributed by atoms with Gasteiger partial charge in [0.15, 0.2) is 0 Å². The average Bonchev–Trinajstić information content (AvgIpc) is 2.79. The Balaban J connectivity index is 3.73. The molecule has 0 spiro atoms. The summed E-state index contributed by atoms with van der Waals surface area (Å²) in [6.07, 6.45) is 21.6. The van der Waals surface area contributed by atoms with Gasteiger partial charge in [-0.3, -0.25) is 4.79 Å². The van der Waals surface area contributed by atoms with Gasteiger partial charge in [-0.1, -0.05) is 70.4 Å². The molecule has 0 aromatic heterocycles. The maximum Gasteiger partial charge on any atom is 0.407 e. The average molecular weight is 511 g/mol. The summed E-state index contributed by atoms with van der Waals surface area (Å²) < 4.78 is 5.16. The number of carbonyl (C=O) groups is 3. The third kappa shape index (κ3) is 23.7. The molecule has 0 radical (unpaired) electrons. The summed E-state index contributed by atoms with van der Waals surface area (Å²) in [4.78, 5) is 35.2. The molecule has 0 aromatic rings. The lowest BCUT2D eigenvalue weighted by atomic mass is 10.1. The molecule has 2 amide bonds. The van der Waals surface area contributed by atoms with Gasteiger partial charge < -0.3 is 20.5 Å². The first-order valence-electron chi connectivity index (χ1n) is 14.3. The Labute approximate surface area is 220 Å². The van der Waals surface area contributed by atoms with E-state index in [2.05, 4.69) is 29.7 Å². The van der Waals surface area contributed by atoms with E-state index < -0.39 is 23.7 Å². The number of carboxylic acid groups (broad SMARTS) is 1. The Bertz CT molecular complexity index is 613. The molecule has 7 heteroatoms. The Morgan fingerprint density at radius 3 is 1.92 bits per heavy atom. The zero-order valence-electron chi connectivity index (χ0n) is 23.5. The smallest absolute Gasteiger partial charge is 0.407 e. The fraction of sp³-hybridized carbons (Fsp3) is 0.828. The van der Waals surface area contributed by atoms with Gasteiger partial charge in [0.25, 0.3) is 0 Å². The van der Waals surface area contributed by atoms with E-state index in [9.17, 15) is 19.5 Å². The van der Waals surface area contributed by atoms with Crippen LogP contribution in [0.2, 0.25) is 0 Å². The molecule has 0 bridgehead atoms. The van der Waals surface area contributed by atoms with Crippen molar-refractivity contribution in [3.05, 3.63) is 12.2 Å². The molecule has 1 unspecified atom stereocenters. The predicted molar refractivity (Wildman–Crippen MR) is 147 cm³/mol. The number of alkyl carbamates (subject to hydrolysis) is 1. The first-order chi connectivity index (χ1) is 17.2. The van der Waals surface area contributed by atoms with Crippen molar-refractivity contribution in [2.24, 2.45) is 0 Å². The highest BCUT2D eigenvalue weighted by Crippen LogP contribution is 2.11. The number of hydrogen-bond acceptors (Lipinski definition) is 4. The second kappa shape index (κ2) is 22.2. The summed E-state index contributed by atoms with van der Waals surface area (Å²) >= 11 is 0. The molecule has 210 valence electrons. The molecule has 0 aliphatic rings. The largest absolute Gasteiger partial charge is 0.480 e. The van der Waals surface area contributed by atoms with Crippen LogP contribution < -0.4 is 10.6 Å². The topological polar surface area (TPSA) is 105 Å². The number of aliphatic carboxylic acids is 1. The zero-order valence-corrected chi connectivity index (χ0v) is 23.5. The Morgan fingerprint density at radius 1 is 0.806 bits per heavy atom. The number of amides is 2. The number of carboxylic acids is 1. The predicted octanol–water partition coefficient (Wildman–Crippen LogP) is 7.29. The summed E-state index contributed by atoms with van der Waals surface area (Å²) in [7, 11) is 0. The molecule has 0 aromatic carbocycles. The van der Waals surface area contributed by atoms with Crippen LogP contribution in [-0.4, -0.2) is 41.3 Å². The van der Waals surface area contributed by atoms with Crippen molar-refractivity contribution < 1.29 is 24.2 Å². The summed E-state index contributed by atoms with van der Waals surface area (Å²) in [5, 5.41) is 14.7. The van der Waals surface area contributed by atoms with Crippen molar-refractivity contribution in [1.29, 1.82) is 0 Å². The lowest BCUT2D eigenvalue weighted by molar-refractivity contribution is -0.142. The number of allylic oxidation sites excluding steroid dienone is 2. The molecule has 0 saturated carbocycles. The standard InChI is InChI=1S/C29H54N2O5/c1-5-6-7-8-9-10-11-12-13-14-15-16-17-18-19-23-26(32)31-25(27(33)34)22-20-21-24-30-28(35)36-29(2,3)4/h12-13,25H,5-11,14-24H2,1-4H3,(H,30,35)(H,31,32)(H,33,34). The normalized spacial score (nSPS) is 12.4. The molecule has 3 N–H and O–H groups in total. The highest BCUT2D eigenvalue weighted by Gasteiger charge is 2.19. The molecular weight excluding hydrogens is 456 g/mol. The van der Waals surface area contributed by atoms with E-state index in [1.165, 1.54) is 51.4 Å². The van der Waals surface area contributed by atoms with Crippen molar-refractivity contribution in [1.82, 2.24) is 10.6 Å². The monoisotopic (exact) mass is 510 g/mol. The van der Waals surface area contributed by atoms with Crippen LogP contribution in [0.25, 0.3) is 0 Å². The van der Waals surface area contributed by atoms with Gasteiger partial charge >= 0.3 is 12.1 Å². The second-order valence-electron chi connectivity index (χ2n) is 10.7. The zero-order chi connectivity index (χ0) is 27.1. The van der Waals surface area contributed by atoms with Crippen LogP contribution >= 0.6 is 0 Å². The maximum absolute atomic E-state index is 12.1. The SMILES string of the molecule is CCCCCCCCC=CCCCCCCCC(=O)NC(CCCCNC(=O)OC(C)(C)C)C(=O)O. The fourth-order valence-corrected chi connectivity index (χ4v) is 3.86. The van der Waals surface area contributed by atoms with Crippen molar-refractivity contribution in [2.45, 2.75) is 148 Å². The number of rotatable bonds is 22. The van der Waals surface area contributed by atoms with Crippen LogP contribution in [0.5, 0.6) is 0 Å². The Morgan fingerprint density at radius 2 is 1.36 bits per heavy atom. The molecule has 0 aliphatic heterocycles. The van der Waals surface area contributed by atoms with Gasteiger partial charge in [-0.25, -0.2) is 9.59 Å². The van der Waals surface area contributed by atoms with Crippen molar-refractivity contribution in [2.75, 3.05) is 6.54 Å². The van der Waals surface area contributed by atoms with Gasteiger partial charge in [0.1, 0.15) is 11.6 Å². The van der Waals surface area contributed by atoms with Crippen molar-refractivity contribution >= 4 is 18.0 Å². The molecule has 0 rings (SSSR count). The van der Waals surface area contributed by atoms with Gasteiger partial charge in [0, 0.05) is 13.0 Å². The van der Waals surface area contributed by atoms with Gasteiger partial charge in [-0.05, 0) is 72.1 Å². The molecule has 1 atom stereocenters. The number of unbranched alkanes of at least 4 members (excludes halogenated alkanes) is 12. The van der Waals surface area contributed by atoms with Gasteiger partial charge in [0.2, 0.25) is 5.91 Å². The molecule has 0 aliphatic carbocycles. The lowest BCUT2D eigenvalue weighted by Crippen LogP contribution is -2.40. The summed E-state index contributed by atoms with van der Waals surface area (Å²) in [6, 6.07) is -0.887. The highest BCUT2D eigenvalue weighted by molar-refractivity contribution is 5.83. The van der Waals surface area contributed by atoms with E-state index in [1.807, 2.05) is 0 Å². The van der Waals surface area contributed by atoms with Gasteiger partial charge in [0.05, 0.1) is 0 Å². The van der Waals surface area contributed by atoms with Gasteiger partial charge in [-0.15, -0.1) is 0 Å². The third-order valence-electron chi connectivity index (χ3n) is 5.89. The molecule has 7 nitrogen and oxygen atoms in total. The minimum atomic E-state index is -1.02. The number of carbonyl (C=O) groups excluding carboxylic acids is 2. The molecule has 0 heterocycles. The Kier molecular flexibility index (Phi) is 20.9. The van der Waals surface area contributed by atoms with E-state index in [-0.39, 0.29) is 5.91 Å². The number of hydrogen-bond donors (Lipinski definition) is 3. The van der Waals surface area contributed by atoms with Crippen LogP contribution in [0, 0.1) is 0 Å². The maximum atomic E-state index is 12.1. The van der Waals surface area contributed by atoms with E-state index in [4.69, 9.17) is 4.74 Å². The first kappa shape index (κ1) is 34.0. The van der Waals surface area contributed by atoms with E-state index >= 15 is 0 Å². The molecule has 36 heavy (non-hydrogen) atoms. The summed E-state index contributed by atoms with van der Waals surface area (Å²) in [6.45, 7) is 8.04. The number of nitrogens with one attached hydrogen (secondary N) is 2. The van der Waals surface area contributed by atoms with Crippen LogP contribution in [0.4, 0.5) is 4.79 Å². The highest BCUT2D eigenvalue weighted by atomic mass is 16.6. The molecule has 0 saturated heterocycles. The summed E-state index contributed by atoms with van der Waals surface area (Å²) in [5.41, 5.74) is -0.549.